The van der Waals surface area contributed by atoms with E-state index < -0.39 is 0 Å². The first-order chi connectivity index (χ1) is 20.2. The van der Waals surface area contributed by atoms with Crippen LogP contribution >= 0.6 is 0 Å². The van der Waals surface area contributed by atoms with Crippen LogP contribution in [-0.4, -0.2) is 20.7 Å². The normalized spacial score (nSPS) is 13.2. The highest BCUT2D eigenvalue weighted by Gasteiger charge is 2.18. The van der Waals surface area contributed by atoms with Crippen LogP contribution in [0, 0.1) is 13.8 Å². The molecular weight excluding hydrogens is 500 g/mol. The maximum absolute atomic E-state index is 4.96. The van der Waals surface area contributed by atoms with E-state index in [1.165, 1.54) is 32.7 Å². The Morgan fingerprint density at radius 2 is 1.10 bits per heavy atom. The number of aryl methyl sites for hydroxylation is 2. The van der Waals surface area contributed by atoms with Gasteiger partial charge in [-0.05, 0) is 76.9 Å². The second-order valence-corrected chi connectivity index (χ2v) is 10.4. The molecular formula is C37H28N4. The monoisotopic (exact) mass is 528 g/mol. The van der Waals surface area contributed by atoms with Gasteiger partial charge < -0.3 is 0 Å². The fourth-order valence-corrected chi connectivity index (χ4v) is 5.60. The van der Waals surface area contributed by atoms with Crippen LogP contribution in [0.4, 0.5) is 0 Å². The molecule has 196 valence electrons. The zero-order chi connectivity index (χ0) is 27.8. The first kappa shape index (κ1) is 24.8. The Bertz CT molecular complexity index is 1940. The number of pyridine rings is 3. The lowest BCUT2D eigenvalue weighted by Gasteiger charge is -2.17. The Balaban J connectivity index is 1.40. The second kappa shape index (κ2) is 10.4. The highest BCUT2D eigenvalue weighted by atomic mass is 14.7. The molecule has 7 rings (SSSR count). The van der Waals surface area contributed by atoms with Crippen LogP contribution < -0.4 is 0 Å². The van der Waals surface area contributed by atoms with Gasteiger partial charge in [0.1, 0.15) is 0 Å². The molecule has 0 radical (unpaired) electrons. The van der Waals surface area contributed by atoms with Crippen molar-refractivity contribution < 1.29 is 0 Å². The van der Waals surface area contributed by atoms with Gasteiger partial charge in [-0.1, -0.05) is 66.7 Å². The van der Waals surface area contributed by atoms with Crippen molar-refractivity contribution in [3.05, 3.63) is 144 Å². The molecule has 0 bridgehead atoms. The van der Waals surface area contributed by atoms with Gasteiger partial charge in [0.2, 0.25) is 0 Å². The summed E-state index contributed by atoms with van der Waals surface area (Å²) >= 11 is 0. The average Bonchev–Trinajstić information content (AvgIpc) is 3.27. The highest BCUT2D eigenvalue weighted by Crippen LogP contribution is 2.42. The van der Waals surface area contributed by atoms with Gasteiger partial charge in [0.15, 0.2) is 0 Å². The van der Waals surface area contributed by atoms with Crippen LogP contribution in [0.3, 0.4) is 0 Å². The maximum Gasteiger partial charge on any atom is 0.0717 e. The molecule has 41 heavy (non-hydrogen) atoms. The molecule has 0 amide bonds. The first-order valence-electron chi connectivity index (χ1n) is 13.9. The van der Waals surface area contributed by atoms with Crippen molar-refractivity contribution in [3.63, 3.8) is 0 Å². The SMILES string of the molecule is Cc1ccc(C2=NC=C(c3c4ccccc4c(-c4ccc(-c5ccc(C)nc5)nc4)c4ccccc34)C=CC2)cn1. The Hall–Kier alpha value is -5.22. The molecule has 3 aromatic heterocycles. The Morgan fingerprint density at radius 1 is 0.537 bits per heavy atom. The minimum Gasteiger partial charge on any atom is -0.261 e. The summed E-state index contributed by atoms with van der Waals surface area (Å²) in [6.07, 6.45) is 13.0. The van der Waals surface area contributed by atoms with Gasteiger partial charge in [0.05, 0.1) is 11.4 Å². The Labute approximate surface area is 239 Å². The van der Waals surface area contributed by atoms with Gasteiger partial charge in [-0.3, -0.25) is 19.9 Å². The van der Waals surface area contributed by atoms with Gasteiger partial charge in [-0.25, -0.2) is 0 Å². The van der Waals surface area contributed by atoms with Gasteiger partial charge >= 0.3 is 0 Å². The molecule has 0 unspecified atom stereocenters. The molecule has 4 heteroatoms. The van der Waals surface area contributed by atoms with Crippen LogP contribution in [0.1, 0.15) is 28.9 Å². The van der Waals surface area contributed by atoms with E-state index in [1.807, 2.05) is 50.8 Å². The molecule has 0 saturated heterocycles. The minimum absolute atomic E-state index is 0.757. The summed E-state index contributed by atoms with van der Waals surface area (Å²) < 4.78 is 0. The predicted molar refractivity (Wildman–Crippen MR) is 170 cm³/mol. The fourth-order valence-electron chi connectivity index (χ4n) is 5.60. The topological polar surface area (TPSA) is 51.0 Å². The van der Waals surface area contributed by atoms with Gasteiger partial charge in [0, 0.05) is 64.9 Å². The Morgan fingerprint density at radius 3 is 1.66 bits per heavy atom. The van der Waals surface area contributed by atoms with Crippen LogP contribution in [-0.2, 0) is 0 Å². The zero-order valence-corrected chi connectivity index (χ0v) is 23.0. The van der Waals surface area contributed by atoms with Crippen LogP contribution in [0.25, 0.3) is 49.5 Å². The fraction of sp³-hybridized carbons (Fsp3) is 0.0811. The van der Waals surface area contributed by atoms with Gasteiger partial charge in [-0.2, -0.15) is 0 Å². The van der Waals surface area contributed by atoms with E-state index in [-0.39, 0.29) is 0 Å². The van der Waals surface area contributed by atoms with Crippen molar-refractivity contribution >= 4 is 32.8 Å². The lowest BCUT2D eigenvalue weighted by atomic mass is 9.86. The number of rotatable bonds is 4. The number of aromatic nitrogens is 3. The van der Waals surface area contributed by atoms with Crippen LogP contribution in [0.15, 0.2) is 127 Å². The largest absolute Gasteiger partial charge is 0.261 e. The molecule has 3 aromatic carbocycles. The first-order valence-corrected chi connectivity index (χ1v) is 13.9. The predicted octanol–water partition coefficient (Wildman–Crippen LogP) is 8.92. The summed E-state index contributed by atoms with van der Waals surface area (Å²) in [7, 11) is 0. The lowest BCUT2D eigenvalue weighted by molar-refractivity contribution is 1.19. The third-order valence-electron chi connectivity index (χ3n) is 7.69. The van der Waals surface area contributed by atoms with E-state index in [2.05, 4.69) is 94.9 Å². The Kier molecular flexibility index (Phi) is 6.29. The van der Waals surface area contributed by atoms with Gasteiger partial charge in [-0.15, -0.1) is 0 Å². The maximum atomic E-state index is 4.96. The lowest BCUT2D eigenvalue weighted by Crippen LogP contribution is -1.99. The van der Waals surface area contributed by atoms with Crippen molar-refractivity contribution in [2.75, 3.05) is 0 Å². The number of fused-ring (bicyclic) bond motifs is 2. The zero-order valence-electron chi connectivity index (χ0n) is 23.0. The number of nitrogens with zero attached hydrogens (tertiary/aromatic N) is 4. The number of aliphatic imine (C=N–C) groups is 1. The molecule has 0 spiro atoms. The van der Waals surface area contributed by atoms with E-state index >= 15 is 0 Å². The molecule has 6 aromatic rings. The van der Waals surface area contributed by atoms with E-state index in [0.29, 0.717) is 0 Å². The van der Waals surface area contributed by atoms with E-state index in [4.69, 9.17) is 9.98 Å². The highest BCUT2D eigenvalue weighted by molar-refractivity contribution is 6.19. The van der Waals surface area contributed by atoms with Crippen molar-refractivity contribution in [2.45, 2.75) is 20.3 Å². The summed E-state index contributed by atoms with van der Waals surface area (Å²) in [5.74, 6) is 0. The molecule has 0 N–H and O–H groups in total. The van der Waals surface area contributed by atoms with E-state index in [9.17, 15) is 0 Å². The summed E-state index contributed by atoms with van der Waals surface area (Å²) in [6, 6.07) is 29.8. The minimum atomic E-state index is 0.757. The number of benzene rings is 3. The summed E-state index contributed by atoms with van der Waals surface area (Å²) in [4.78, 5) is 18.7. The smallest absolute Gasteiger partial charge is 0.0717 e. The van der Waals surface area contributed by atoms with Crippen LogP contribution in [0.5, 0.6) is 0 Å². The molecule has 4 nitrogen and oxygen atoms in total. The molecule has 1 aliphatic heterocycles. The number of hydrogen-bond donors (Lipinski definition) is 0. The molecule has 1 aliphatic rings. The second-order valence-electron chi connectivity index (χ2n) is 10.4. The molecule has 0 aliphatic carbocycles. The summed E-state index contributed by atoms with van der Waals surface area (Å²) in [6.45, 7) is 4.00. The van der Waals surface area contributed by atoms with E-state index in [1.54, 1.807) is 0 Å². The third-order valence-corrected chi connectivity index (χ3v) is 7.69. The van der Waals surface area contributed by atoms with Crippen molar-refractivity contribution in [2.24, 2.45) is 4.99 Å². The molecule has 0 saturated carbocycles. The average molecular weight is 529 g/mol. The standard InChI is InChI=1S/C37H28N4/c1-24-14-16-26(20-38-24)34-13-7-8-28(22-40-34)36-30-9-3-5-11-32(30)37(33-12-6-4-10-31(33)36)29-18-19-35(41-23-29)27-17-15-25(2)39-21-27/h3-12,14-23H,13H2,1-2H3. The number of hydrogen-bond acceptors (Lipinski definition) is 4. The van der Waals surface area contributed by atoms with E-state index in [0.717, 1.165) is 51.5 Å². The molecule has 0 fully saturated rings. The molecule has 4 heterocycles. The molecule has 0 atom stereocenters. The van der Waals surface area contributed by atoms with Crippen molar-refractivity contribution in [3.8, 4) is 22.4 Å². The van der Waals surface area contributed by atoms with Crippen molar-refractivity contribution in [1.29, 1.82) is 0 Å². The van der Waals surface area contributed by atoms with Gasteiger partial charge in [0.25, 0.3) is 0 Å². The van der Waals surface area contributed by atoms with Crippen LogP contribution in [0.2, 0.25) is 0 Å². The quantitative estimate of drug-likeness (QED) is 0.215. The number of allylic oxidation sites excluding steroid dienone is 3. The third kappa shape index (κ3) is 4.64. The summed E-state index contributed by atoms with van der Waals surface area (Å²) in [5.41, 5.74) is 10.6. The van der Waals surface area contributed by atoms with Crippen molar-refractivity contribution in [1.82, 2.24) is 15.0 Å². The summed E-state index contributed by atoms with van der Waals surface area (Å²) in [5, 5.41) is 4.77.